The Morgan fingerprint density at radius 1 is 1.62 bits per heavy atom. The topological polar surface area (TPSA) is 46.9 Å². The maximum atomic E-state index is 11.0. The second-order valence-electron chi connectivity index (χ2n) is 4.28. The zero-order valence-electron chi connectivity index (χ0n) is 9.16. The van der Waals surface area contributed by atoms with Crippen LogP contribution in [0.15, 0.2) is 12.4 Å². The van der Waals surface area contributed by atoms with Crippen molar-refractivity contribution in [3.8, 4) is 0 Å². The van der Waals surface area contributed by atoms with E-state index in [1.165, 1.54) is 19.3 Å². The molecule has 0 radical (unpaired) electrons. The molecule has 1 amide bonds. The molecule has 0 spiro atoms. The van der Waals surface area contributed by atoms with Crippen molar-refractivity contribution in [2.75, 3.05) is 5.88 Å². The first kappa shape index (κ1) is 11.5. The molecule has 4 nitrogen and oxygen atoms in total. The highest BCUT2D eigenvalue weighted by Gasteiger charge is 2.17. The highest BCUT2D eigenvalue weighted by Crippen LogP contribution is 2.27. The molecule has 1 saturated carbocycles. The van der Waals surface area contributed by atoms with E-state index in [4.69, 9.17) is 11.6 Å². The van der Waals surface area contributed by atoms with Gasteiger partial charge in [0, 0.05) is 24.8 Å². The summed E-state index contributed by atoms with van der Waals surface area (Å²) < 4.78 is 1.96. The highest BCUT2D eigenvalue weighted by atomic mass is 35.5. The SMILES string of the molecule is O=C(CCl)NCc1cnn(CC2CCC2)c1. The molecule has 1 heterocycles. The Hall–Kier alpha value is -1.03. The van der Waals surface area contributed by atoms with E-state index in [0.717, 1.165) is 18.0 Å². The average Bonchev–Trinajstić information content (AvgIpc) is 2.68. The Kier molecular flexibility index (Phi) is 3.83. The number of rotatable bonds is 5. The molecule has 1 aliphatic carbocycles. The summed E-state index contributed by atoms with van der Waals surface area (Å²) in [6.07, 6.45) is 7.78. The maximum Gasteiger partial charge on any atom is 0.235 e. The number of nitrogens with zero attached hydrogens (tertiary/aromatic N) is 2. The standard InChI is InChI=1S/C11H16ClN3O/c12-4-11(16)13-5-10-6-14-15(8-10)7-9-2-1-3-9/h6,8-9H,1-5,7H2,(H,13,16). The summed E-state index contributed by atoms with van der Waals surface area (Å²) in [5.74, 6) is 0.662. The smallest absolute Gasteiger partial charge is 0.235 e. The first-order valence-electron chi connectivity index (χ1n) is 5.62. The molecular weight excluding hydrogens is 226 g/mol. The van der Waals surface area contributed by atoms with E-state index in [9.17, 15) is 4.79 Å². The third-order valence-corrected chi connectivity index (χ3v) is 3.21. The number of carbonyl (C=O) groups excluding carboxylic acids is 1. The van der Waals surface area contributed by atoms with Crippen molar-refractivity contribution < 1.29 is 4.79 Å². The molecule has 5 heteroatoms. The van der Waals surface area contributed by atoms with Gasteiger partial charge < -0.3 is 5.32 Å². The minimum absolute atomic E-state index is 0.0101. The molecule has 1 fully saturated rings. The molecule has 0 bridgehead atoms. The normalized spacial score (nSPS) is 15.8. The average molecular weight is 242 g/mol. The van der Waals surface area contributed by atoms with Crippen LogP contribution >= 0.6 is 11.6 Å². The monoisotopic (exact) mass is 241 g/mol. The molecule has 0 atom stereocenters. The number of aromatic nitrogens is 2. The summed E-state index contributed by atoms with van der Waals surface area (Å²) in [4.78, 5) is 11.0. The Morgan fingerprint density at radius 3 is 3.06 bits per heavy atom. The third kappa shape index (κ3) is 2.98. The Bertz CT molecular complexity index is 360. The van der Waals surface area contributed by atoms with Crippen LogP contribution in [0, 0.1) is 5.92 Å². The van der Waals surface area contributed by atoms with E-state index in [2.05, 4.69) is 10.4 Å². The van der Waals surface area contributed by atoms with Crippen molar-refractivity contribution in [1.29, 1.82) is 0 Å². The van der Waals surface area contributed by atoms with Crippen molar-refractivity contribution in [3.05, 3.63) is 18.0 Å². The van der Waals surface area contributed by atoms with Crippen LogP contribution in [0.5, 0.6) is 0 Å². The predicted octanol–water partition coefficient (Wildman–Crippen LogP) is 1.54. The molecule has 0 aromatic carbocycles. The summed E-state index contributed by atoms with van der Waals surface area (Å²) >= 11 is 5.39. The zero-order valence-corrected chi connectivity index (χ0v) is 9.91. The second kappa shape index (κ2) is 5.34. The first-order chi connectivity index (χ1) is 7.78. The van der Waals surface area contributed by atoms with Crippen LogP contribution in [-0.2, 0) is 17.9 Å². The molecule has 1 N–H and O–H groups in total. The van der Waals surface area contributed by atoms with E-state index in [-0.39, 0.29) is 11.8 Å². The van der Waals surface area contributed by atoms with Gasteiger partial charge in [0.1, 0.15) is 5.88 Å². The fraction of sp³-hybridized carbons (Fsp3) is 0.636. The van der Waals surface area contributed by atoms with Gasteiger partial charge in [-0.25, -0.2) is 0 Å². The van der Waals surface area contributed by atoms with Crippen molar-refractivity contribution in [2.24, 2.45) is 5.92 Å². The quantitative estimate of drug-likeness (QED) is 0.795. The fourth-order valence-electron chi connectivity index (χ4n) is 1.79. The van der Waals surface area contributed by atoms with Gasteiger partial charge in [-0.3, -0.25) is 9.48 Å². The summed E-state index contributed by atoms with van der Waals surface area (Å²) in [5.41, 5.74) is 1.03. The molecule has 1 aromatic heterocycles. The molecule has 0 unspecified atom stereocenters. The van der Waals surface area contributed by atoms with Gasteiger partial charge in [0.25, 0.3) is 0 Å². The van der Waals surface area contributed by atoms with Gasteiger partial charge in [-0.2, -0.15) is 5.10 Å². The Balaban J connectivity index is 1.79. The number of hydrogen-bond acceptors (Lipinski definition) is 2. The maximum absolute atomic E-state index is 11.0. The molecule has 16 heavy (non-hydrogen) atoms. The van der Waals surface area contributed by atoms with Crippen LogP contribution in [0.4, 0.5) is 0 Å². The van der Waals surface area contributed by atoms with E-state index >= 15 is 0 Å². The number of nitrogens with one attached hydrogen (secondary N) is 1. The van der Waals surface area contributed by atoms with E-state index in [1.807, 2.05) is 10.9 Å². The largest absolute Gasteiger partial charge is 0.351 e. The van der Waals surface area contributed by atoms with E-state index in [0.29, 0.717) is 6.54 Å². The lowest BCUT2D eigenvalue weighted by atomic mass is 9.85. The van der Waals surface area contributed by atoms with Crippen LogP contribution in [0.25, 0.3) is 0 Å². The summed E-state index contributed by atoms with van der Waals surface area (Å²) in [5, 5.41) is 6.99. The van der Waals surface area contributed by atoms with Gasteiger partial charge in [0.2, 0.25) is 5.91 Å². The zero-order chi connectivity index (χ0) is 11.4. The van der Waals surface area contributed by atoms with Crippen molar-refractivity contribution >= 4 is 17.5 Å². The number of hydrogen-bond donors (Lipinski definition) is 1. The number of halogens is 1. The van der Waals surface area contributed by atoms with Gasteiger partial charge in [-0.15, -0.1) is 11.6 Å². The minimum atomic E-state index is -0.145. The van der Waals surface area contributed by atoms with Crippen LogP contribution < -0.4 is 5.32 Å². The molecule has 88 valence electrons. The Morgan fingerprint density at radius 2 is 2.44 bits per heavy atom. The van der Waals surface area contributed by atoms with Crippen LogP contribution in [0.3, 0.4) is 0 Å². The van der Waals surface area contributed by atoms with Gasteiger partial charge in [0.15, 0.2) is 0 Å². The van der Waals surface area contributed by atoms with Gasteiger partial charge in [0.05, 0.1) is 6.20 Å². The van der Waals surface area contributed by atoms with E-state index < -0.39 is 0 Å². The van der Waals surface area contributed by atoms with Gasteiger partial charge in [-0.1, -0.05) is 6.42 Å². The summed E-state index contributed by atoms with van der Waals surface area (Å²) in [6, 6.07) is 0. The van der Waals surface area contributed by atoms with Crippen molar-refractivity contribution in [1.82, 2.24) is 15.1 Å². The lowest BCUT2D eigenvalue weighted by Gasteiger charge is -2.24. The van der Waals surface area contributed by atoms with Gasteiger partial charge in [-0.05, 0) is 18.8 Å². The molecule has 1 aromatic rings. The molecule has 0 aliphatic heterocycles. The molecule has 1 aliphatic rings. The predicted molar refractivity (Wildman–Crippen MR) is 62.1 cm³/mol. The number of alkyl halides is 1. The molecular formula is C11H16ClN3O. The third-order valence-electron chi connectivity index (χ3n) is 2.97. The van der Waals surface area contributed by atoms with Crippen LogP contribution in [0.1, 0.15) is 24.8 Å². The molecule has 2 rings (SSSR count). The number of amides is 1. The Labute approximate surface area is 100.0 Å². The van der Waals surface area contributed by atoms with Crippen LogP contribution in [-0.4, -0.2) is 21.6 Å². The number of carbonyl (C=O) groups is 1. The first-order valence-corrected chi connectivity index (χ1v) is 6.15. The molecule has 0 saturated heterocycles. The van der Waals surface area contributed by atoms with Crippen molar-refractivity contribution in [3.63, 3.8) is 0 Å². The highest BCUT2D eigenvalue weighted by molar-refractivity contribution is 6.27. The second-order valence-corrected chi connectivity index (χ2v) is 4.55. The lowest BCUT2D eigenvalue weighted by Crippen LogP contribution is -2.23. The summed E-state index contributed by atoms with van der Waals surface area (Å²) in [6.45, 7) is 1.51. The minimum Gasteiger partial charge on any atom is -0.351 e. The fourth-order valence-corrected chi connectivity index (χ4v) is 1.88. The van der Waals surface area contributed by atoms with Crippen LogP contribution in [0.2, 0.25) is 0 Å². The summed E-state index contributed by atoms with van der Waals surface area (Å²) in [7, 11) is 0. The van der Waals surface area contributed by atoms with Crippen molar-refractivity contribution in [2.45, 2.75) is 32.4 Å². The van der Waals surface area contributed by atoms with Gasteiger partial charge >= 0.3 is 0 Å². The lowest BCUT2D eigenvalue weighted by molar-refractivity contribution is -0.118. The van der Waals surface area contributed by atoms with E-state index in [1.54, 1.807) is 6.20 Å².